The van der Waals surface area contributed by atoms with Crippen LogP contribution in [-0.2, 0) is 4.74 Å². The van der Waals surface area contributed by atoms with Gasteiger partial charge in [0.05, 0.1) is 13.2 Å². The van der Waals surface area contributed by atoms with Crippen LogP contribution in [0.15, 0.2) is 36.5 Å². The maximum Gasteiger partial charge on any atom is 0.0594 e. The van der Waals surface area contributed by atoms with Gasteiger partial charge in [0.1, 0.15) is 0 Å². The molecule has 0 bridgehead atoms. The van der Waals surface area contributed by atoms with Crippen LogP contribution in [0, 0.1) is 12.8 Å². The smallest absolute Gasteiger partial charge is 0.0594 e. The summed E-state index contributed by atoms with van der Waals surface area (Å²) in [6, 6.07) is 8.38. The number of morpholine rings is 1. The van der Waals surface area contributed by atoms with Gasteiger partial charge in [-0.1, -0.05) is 30.3 Å². The number of benzene rings is 1. The van der Waals surface area contributed by atoms with Crippen molar-refractivity contribution in [3.05, 3.63) is 47.1 Å². The fourth-order valence-corrected chi connectivity index (χ4v) is 3.76. The van der Waals surface area contributed by atoms with Crippen molar-refractivity contribution >= 4 is 11.6 Å². The van der Waals surface area contributed by atoms with E-state index in [9.17, 15) is 0 Å². The molecule has 1 aromatic carbocycles. The van der Waals surface area contributed by atoms with Crippen LogP contribution in [0.1, 0.15) is 31.2 Å². The van der Waals surface area contributed by atoms with Gasteiger partial charge in [-0.2, -0.15) is 0 Å². The highest BCUT2D eigenvalue weighted by Crippen LogP contribution is 2.23. The van der Waals surface area contributed by atoms with Gasteiger partial charge in [0.25, 0.3) is 0 Å². The van der Waals surface area contributed by atoms with E-state index in [1.807, 2.05) is 31.2 Å². The number of nitrogens with two attached hydrogens (primary N) is 1. The molecule has 3 N–H and O–H groups in total. The number of aryl methyl sites for hydroxylation is 1. The van der Waals surface area contributed by atoms with Gasteiger partial charge in [-0.25, -0.2) is 0 Å². The Morgan fingerprint density at radius 3 is 2.50 bits per heavy atom. The maximum atomic E-state index is 5.72. The second-order valence-electron chi connectivity index (χ2n) is 7.39. The zero-order valence-corrected chi connectivity index (χ0v) is 16.8. The molecule has 1 saturated carbocycles. The first-order valence-corrected chi connectivity index (χ1v) is 10.1. The molecule has 0 aromatic heterocycles. The highest BCUT2D eigenvalue weighted by Gasteiger charge is 2.20. The molecule has 0 radical (unpaired) electrons. The van der Waals surface area contributed by atoms with Crippen LogP contribution in [0.5, 0.6) is 0 Å². The van der Waals surface area contributed by atoms with E-state index in [0.29, 0.717) is 6.04 Å². The van der Waals surface area contributed by atoms with E-state index < -0.39 is 0 Å². The summed E-state index contributed by atoms with van der Waals surface area (Å²) in [5.74, 6) is 0.746. The summed E-state index contributed by atoms with van der Waals surface area (Å²) in [6.45, 7) is 11.8. The summed E-state index contributed by atoms with van der Waals surface area (Å²) in [6.07, 6.45) is 5.01. The van der Waals surface area contributed by atoms with Crippen LogP contribution < -0.4 is 11.1 Å². The molecule has 2 fully saturated rings. The molecule has 5 heteroatoms. The Kier molecular flexibility index (Phi) is 9.48. The predicted octanol–water partition coefficient (Wildman–Crippen LogP) is 3.59. The van der Waals surface area contributed by atoms with E-state index in [0.717, 1.165) is 56.0 Å². The number of rotatable bonds is 5. The summed E-state index contributed by atoms with van der Waals surface area (Å²) in [4.78, 5) is 2.41. The van der Waals surface area contributed by atoms with Crippen LogP contribution >= 0.6 is 11.6 Å². The van der Waals surface area contributed by atoms with E-state index in [4.69, 9.17) is 22.1 Å². The van der Waals surface area contributed by atoms with Gasteiger partial charge in [-0.05, 0) is 62.8 Å². The van der Waals surface area contributed by atoms with Crippen LogP contribution in [0.2, 0.25) is 5.02 Å². The molecule has 1 saturated heterocycles. The average molecular weight is 380 g/mol. The zero-order chi connectivity index (χ0) is 18.8. The molecule has 1 aliphatic carbocycles. The Labute approximate surface area is 163 Å². The number of hydrogen-bond donors (Lipinski definition) is 2. The second-order valence-corrected chi connectivity index (χ2v) is 7.83. The molecule has 0 atom stereocenters. The fourth-order valence-electron chi connectivity index (χ4n) is 3.51. The van der Waals surface area contributed by atoms with E-state index in [2.05, 4.69) is 16.8 Å². The first-order valence-electron chi connectivity index (χ1n) is 9.73. The molecule has 3 rings (SSSR count). The summed E-state index contributed by atoms with van der Waals surface area (Å²) in [5.41, 5.74) is 8.08. The van der Waals surface area contributed by atoms with Crippen molar-refractivity contribution in [1.82, 2.24) is 10.2 Å². The average Bonchev–Trinajstić information content (AvgIpc) is 2.63. The maximum absolute atomic E-state index is 5.72. The molecule has 0 unspecified atom stereocenters. The number of nitrogens with one attached hydrogen (secondary N) is 1. The topological polar surface area (TPSA) is 50.5 Å². The highest BCUT2D eigenvalue weighted by atomic mass is 35.5. The summed E-state index contributed by atoms with van der Waals surface area (Å²) < 4.78 is 5.35. The molecular formula is C21H34ClN3O. The molecule has 0 spiro atoms. The first-order chi connectivity index (χ1) is 12.6. The van der Waals surface area contributed by atoms with E-state index in [-0.39, 0.29) is 0 Å². The lowest BCUT2D eigenvalue weighted by Gasteiger charge is -2.32. The van der Waals surface area contributed by atoms with Crippen molar-refractivity contribution in [3.63, 3.8) is 0 Å². The Morgan fingerprint density at radius 2 is 1.96 bits per heavy atom. The number of hydrogen-bond acceptors (Lipinski definition) is 4. The van der Waals surface area contributed by atoms with Gasteiger partial charge in [0.15, 0.2) is 0 Å². The molecule has 2 aliphatic rings. The summed E-state index contributed by atoms with van der Waals surface area (Å²) >= 11 is 5.64. The fraction of sp³-hybridized carbons (Fsp3) is 0.619. The SMILES string of the molecule is C=C(CN1CCOCC1)NC1CCC(CN)CC1.Cc1cccc(Cl)c1. The molecule has 0 amide bonds. The van der Waals surface area contributed by atoms with E-state index in [1.165, 1.54) is 31.2 Å². The normalized spacial score (nSPS) is 23.7. The summed E-state index contributed by atoms with van der Waals surface area (Å²) in [5, 5.41) is 4.40. The van der Waals surface area contributed by atoms with Gasteiger partial charge in [0.2, 0.25) is 0 Å². The van der Waals surface area contributed by atoms with Crippen molar-refractivity contribution in [1.29, 1.82) is 0 Å². The minimum Gasteiger partial charge on any atom is -0.385 e. The minimum atomic E-state index is 0.612. The molecule has 1 heterocycles. The standard InChI is InChI=1S/C14H27N3O.C7H7Cl/c1-12(11-17-6-8-18-9-7-17)16-14-4-2-13(10-15)3-5-14;1-6-3-2-4-7(8)5-6/h13-14,16H,1-11,15H2;2-5H,1H3. The van der Waals surface area contributed by atoms with Crippen LogP contribution in [0.4, 0.5) is 0 Å². The van der Waals surface area contributed by atoms with Gasteiger partial charge in [-0.3, -0.25) is 4.90 Å². The van der Waals surface area contributed by atoms with Crippen LogP contribution in [0.3, 0.4) is 0 Å². The lowest BCUT2D eigenvalue weighted by atomic mass is 9.86. The minimum absolute atomic E-state index is 0.612. The van der Waals surface area contributed by atoms with Crippen molar-refractivity contribution in [2.45, 2.75) is 38.6 Å². The van der Waals surface area contributed by atoms with Crippen LogP contribution in [-0.4, -0.2) is 50.3 Å². The van der Waals surface area contributed by atoms with Crippen molar-refractivity contribution in [3.8, 4) is 0 Å². The lowest BCUT2D eigenvalue weighted by molar-refractivity contribution is 0.0414. The monoisotopic (exact) mass is 379 g/mol. The van der Waals surface area contributed by atoms with Crippen molar-refractivity contribution < 1.29 is 4.74 Å². The molecule has 1 aromatic rings. The summed E-state index contributed by atoms with van der Waals surface area (Å²) in [7, 11) is 0. The largest absolute Gasteiger partial charge is 0.385 e. The van der Waals surface area contributed by atoms with Gasteiger partial charge >= 0.3 is 0 Å². The molecule has 1 aliphatic heterocycles. The number of nitrogens with zero attached hydrogens (tertiary/aromatic N) is 1. The first kappa shape index (κ1) is 21.2. The highest BCUT2D eigenvalue weighted by molar-refractivity contribution is 6.30. The van der Waals surface area contributed by atoms with Crippen LogP contribution in [0.25, 0.3) is 0 Å². The Bertz CT molecular complexity index is 521. The third kappa shape index (κ3) is 8.09. The third-order valence-electron chi connectivity index (χ3n) is 5.09. The van der Waals surface area contributed by atoms with Crippen molar-refractivity contribution in [2.75, 3.05) is 39.4 Å². The van der Waals surface area contributed by atoms with Gasteiger partial charge < -0.3 is 15.8 Å². The predicted molar refractivity (Wildman–Crippen MR) is 111 cm³/mol. The quantitative estimate of drug-likeness (QED) is 0.820. The number of ether oxygens (including phenoxy) is 1. The van der Waals surface area contributed by atoms with E-state index in [1.54, 1.807) is 0 Å². The molecule has 146 valence electrons. The Morgan fingerprint density at radius 1 is 1.27 bits per heavy atom. The lowest BCUT2D eigenvalue weighted by Crippen LogP contribution is -2.41. The molecular weight excluding hydrogens is 346 g/mol. The van der Waals surface area contributed by atoms with Crippen molar-refractivity contribution in [2.24, 2.45) is 11.7 Å². The Hall–Kier alpha value is -1.07. The zero-order valence-electron chi connectivity index (χ0n) is 16.1. The Balaban J connectivity index is 0.000000254. The van der Waals surface area contributed by atoms with Gasteiger partial charge in [-0.15, -0.1) is 0 Å². The number of halogens is 1. The van der Waals surface area contributed by atoms with Gasteiger partial charge in [0, 0.05) is 36.4 Å². The van der Waals surface area contributed by atoms with E-state index >= 15 is 0 Å². The molecule has 26 heavy (non-hydrogen) atoms. The third-order valence-corrected chi connectivity index (χ3v) is 5.32. The second kappa shape index (κ2) is 11.6. The molecule has 4 nitrogen and oxygen atoms in total.